The summed E-state index contributed by atoms with van der Waals surface area (Å²) >= 11 is 0. The Morgan fingerprint density at radius 2 is 1.83 bits per heavy atom. The Bertz CT molecular complexity index is 628. The van der Waals surface area contributed by atoms with Crippen molar-refractivity contribution in [3.63, 3.8) is 0 Å². The van der Waals surface area contributed by atoms with Crippen molar-refractivity contribution < 1.29 is 19.4 Å². The van der Waals surface area contributed by atoms with Crippen molar-refractivity contribution in [2.75, 3.05) is 0 Å². The van der Waals surface area contributed by atoms with Crippen LogP contribution in [0.25, 0.3) is 0 Å². The zero-order chi connectivity index (χ0) is 17.5. The number of rotatable bonds is 0. The smallest absolute Gasteiger partial charge is 0.334 e. The molecule has 0 radical (unpaired) electrons. The van der Waals surface area contributed by atoms with E-state index in [0.29, 0.717) is 6.42 Å². The van der Waals surface area contributed by atoms with Crippen molar-refractivity contribution in [3.8, 4) is 0 Å². The summed E-state index contributed by atoms with van der Waals surface area (Å²) in [6.45, 7) is 8.05. The molecule has 1 saturated heterocycles. The molecule has 3 rings (SSSR count). The number of allylic oxidation sites excluding steroid dienone is 2. The van der Waals surface area contributed by atoms with E-state index in [1.54, 1.807) is 0 Å². The molecule has 0 unspecified atom stereocenters. The molecule has 4 atom stereocenters. The van der Waals surface area contributed by atoms with Gasteiger partial charge in [-0.25, -0.2) is 4.79 Å². The molecule has 0 bridgehead atoms. The largest absolute Gasteiger partial charge is 0.450 e. The van der Waals surface area contributed by atoms with Crippen LogP contribution in [0.3, 0.4) is 0 Å². The molecule has 132 valence electrons. The molecule has 1 aliphatic carbocycles. The lowest BCUT2D eigenvalue weighted by atomic mass is 9.92. The van der Waals surface area contributed by atoms with Crippen LogP contribution in [0.4, 0.5) is 0 Å². The Labute approximate surface area is 144 Å². The molecule has 2 aliphatic heterocycles. The molecule has 0 aromatic rings. The van der Waals surface area contributed by atoms with Crippen molar-refractivity contribution in [3.05, 3.63) is 34.4 Å². The van der Waals surface area contributed by atoms with E-state index in [0.717, 1.165) is 42.4 Å². The van der Waals surface area contributed by atoms with Crippen LogP contribution in [-0.4, -0.2) is 35.0 Å². The predicted molar refractivity (Wildman–Crippen MR) is 92.5 cm³/mol. The Morgan fingerprint density at radius 3 is 2.58 bits per heavy atom. The third-order valence-electron chi connectivity index (χ3n) is 5.52. The highest BCUT2D eigenvalue weighted by atomic mass is 16.6. The zero-order valence-electron chi connectivity index (χ0n) is 15.1. The van der Waals surface area contributed by atoms with Crippen LogP contribution in [-0.2, 0) is 14.3 Å². The number of carbonyl (C=O) groups excluding carboxylic acids is 1. The highest BCUT2D eigenvalue weighted by molar-refractivity contribution is 5.92. The van der Waals surface area contributed by atoms with Crippen LogP contribution >= 0.6 is 0 Å². The summed E-state index contributed by atoms with van der Waals surface area (Å²) in [6.07, 6.45) is 7.62. The van der Waals surface area contributed by atoms with Gasteiger partial charge in [0.05, 0.1) is 17.8 Å². The topological polar surface area (TPSA) is 59.1 Å². The maximum atomic E-state index is 11.9. The van der Waals surface area contributed by atoms with Gasteiger partial charge in [0.1, 0.15) is 6.10 Å². The first-order valence-electron chi connectivity index (χ1n) is 8.89. The fourth-order valence-electron chi connectivity index (χ4n) is 3.84. The van der Waals surface area contributed by atoms with Crippen molar-refractivity contribution in [1.82, 2.24) is 0 Å². The fraction of sp³-hybridized carbons (Fsp3) is 0.650. The summed E-state index contributed by atoms with van der Waals surface area (Å²) in [6, 6.07) is 0. The van der Waals surface area contributed by atoms with Gasteiger partial charge in [-0.1, -0.05) is 17.2 Å². The minimum atomic E-state index is -0.480. The molecule has 2 heterocycles. The van der Waals surface area contributed by atoms with E-state index in [4.69, 9.17) is 9.47 Å². The summed E-state index contributed by atoms with van der Waals surface area (Å²) < 4.78 is 11.4. The lowest BCUT2D eigenvalue weighted by Crippen LogP contribution is -2.19. The van der Waals surface area contributed by atoms with Gasteiger partial charge in [-0.3, -0.25) is 0 Å². The van der Waals surface area contributed by atoms with E-state index in [-0.39, 0.29) is 23.8 Å². The highest BCUT2D eigenvalue weighted by Gasteiger charge is 2.52. The van der Waals surface area contributed by atoms with Gasteiger partial charge in [-0.05, 0) is 65.0 Å². The lowest BCUT2D eigenvalue weighted by Gasteiger charge is -2.15. The van der Waals surface area contributed by atoms with Gasteiger partial charge in [-0.2, -0.15) is 0 Å². The number of epoxide rings is 1. The highest BCUT2D eigenvalue weighted by Crippen LogP contribution is 2.44. The van der Waals surface area contributed by atoms with Crippen LogP contribution in [0, 0.1) is 0 Å². The summed E-state index contributed by atoms with van der Waals surface area (Å²) in [5.41, 5.74) is 3.97. The summed E-state index contributed by atoms with van der Waals surface area (Å²) in [4.78, 5) is 11.9. The Morgan fingerprint density at radius 1 is 1.12 bits per heavy atom. The van der Waals surface area contributed by atoms with Crippen molar-refractivity contribution in [2.45, 2.75) is 83.7 Å². The molecule has 1 N–H and O–H groups in total. The van der Waals surface area contributed by atoms with Gasteiger partial charge in [0.25, 0.3) is 0 Å². The van der Waals surface area contributed by atoms with Crippen molar-refractivity contribution in [1.29, 1.82) is 0 Å². The number of hydrogen-bond acceptors (Lipinski definition) is 4. The van der Waals surface area contributed by atoms with Gasteiger partial charge in [-0.15, -0.1) is 0 Å². The molecular formula is C20H28O4. The second-order valence-electron chi connectivity index (χ2n) is 7.73. The number of fused-ring (bicyclic) bond motifs is 2. The van der Waals surface area contributed by atoms with Crippen LogP contribution < -0.4 is 0 Å². The van der Waals surface area contributed by atoms with Crippen LogP contribution in [0.5, 0.6) is 0 Å². The standard InChI is InChI=1S/C20H28O4/c1-12-5-7-16-14(3)19(22)23-17(16)10-13(2)6-8-18-20(4,24-18)11-15(21)9-12/h9-10,15,17-18,21H,5-8,11H2,1-4H3/b12-9+,13-10+/t15-,17+,18-,20-/m1/s1. The molecule has 0 spiro atoms. The number of ether oxygens (including phenoxy) is 2. The monoisotopic (exact) mass is 332 g/mol. The number of esters is 1. The summed E-state index contributed by atoms with van der Waals surface area (Å²) in [5.74, 6) is -0.205. The molecule has 24 heavy (non-hydrogen) atoms. The Hall–Kier alpha value is -1.39. The van der Waals surface area contributed by atoms with E-state index in [2.05, 4.69) is 19.9 Å². The number of aliphatic hydroxyl groups excluding tert-OH is 1. The molecule has 1 fully saturated rings. The van der Waals surface area contributed by atoms with Crippen molar-refractivity contribution >= 4 is 5.97 Å². The van der Waals surface area contributed by atoms with Crippen molar-refractivity contribution in [2.24, 2.45) is 0 Å². The second-order valence-corrected chi connectivity index (χ2v) is 7.73. The summed E-state index contributed by atoms with van der Waals surface area (Å²) in [7, 11) is 0. The third-order valence-corrected chi connectivity index (χ3v) is 5.52. The quantitative estimate of drug-likeness (QED) is 0.418. The number of aliphatic hydroxyl groups is 1. The van der Waals surface area contributed by atoms with Crippen LogP contribution in [0.2, 0.25) is 0 Å². The maximum absolute atomic E-state index is 11.9. The molecule has 4 heteroatoms. The third kappa shape index (κ3) is 3.65. The average molecular weight is 332 g/mol. The SMILES string of the molecule is CC1=C2CC/C(C)=C/[C@@H](O)C[C@@]3(C)O[C@@H]3CC/C(C)=C/[C@@H]2OC1=O. The Kier molecular flexibility index (Phi) is 4.71. The predicted octanol–water partition coefficient (Wildman–Crippen LogP) is 3.60. The van der Waals surface area contributed by atoms with E-state index in [1.165, 1.54) is 5.57 Å². The number of hydrogen-bond donors (Lipinski definition) is 1. The summed E-state index contributed by atoms with van der Waals surface area (Å²) in [5, 5.41) is 10.3. The molecule has 0 amide bonds. The van der Waals surface area contributed by atoms with E-state index >= 15 is 0 Å². The molecule has 4 nitrogen and oxygen atoms in total. The lowest BCUT2D eigenvalue weighted by molar-refractivity contribution is -0.138. The minimum absolute atomic E-state index is 0.204. The van der Waals surface area contributed by atoms with E-state index in [9.17, 15) is 9.90 Å². The zero-order valence-corrected chi connectivity index (χ0v) is 15.1. The second kappa shape index (κ2) is 6.49. The fourth-order valence-corrected chi connectivity index (χ4v) is 3.84. The molecule has 0 aromatic carbocycles. The molecule has 0 saturated carbocycles. The number of carbonyl (C=O) groups is 1. The van der Waals surface area contributed by atoms with Gasteiger partial charge in [0.15, 0.2) is 0 Å². The maximum Gasteiger partial charge on any atom is 0.334 e. The molecular weight excluding hydrogens is 304 g/mol. The Balaban J connectivity index is 1.84. The normalized spacial score (nSPS) is 42.0. The first kappa shape index (κ1) is 17.4. The molecule has 3 aliphatic rings. The van der Waals surface area contributed by atoms with Crippen LogP contribution in [0.15, 0.2) is 34.4 Å². The minimum Gasteiger partial charge on any atom is -0.450 e. The van der Waals surface area contributed by atoms with E-state index in [1.807, 2.05) is 19.9 Å². The van der Waals surface area contributed by atoms with Gasteiger partial charge >= 0.3 is 5.97 Å². The van der Waals surface area contributed by atoms with Crippen LogP contribution in [0.1, 0.15) is 59.8 Å². The average Bonchev–Trinajstić information content (AvgIpc) is 3.04. The van der Waals surface area contributed by atoms with Gasteiger partial charge < -0.3 is 14.6 Å². The van der Waals surface area contributed by atoms with Gasteiger partial charge in [0.2, 0.25) is 0 Å². The van der Waals surface area contributed by atoms with Gasteiger partial charge in [0, 0.05) is 12.0 Å². The first-order valence-corrected chi connectivity index (χ1v) is 8.89. The first-order chi connectivity index (χ1) is 11.3. The molecule has 0 aromatic heterocycles. The van der Waals surface area contributed by atoms with E-state index < -0.39 is 6.10 Å².